The molecule has 1 amide bonds. The Hall–Kier alpha value is -4.65. The zero-order chi connectivity index (χ0) is 26.4. The Kier molecular flexibility index (Phi) is 7.83. The Morgan fingerprint density at radius 3 is 2.19 bits per heavy atom. The third-order valence-electron chi connectivity index (χ3n) is 6.04. The van der Waals surface area contributed by atoms with E-state index in [2.05, 4.69) is 11.1 Å². The molecule has 0 unspecified atom stereocenters. The van der Waals surface area contributed by atoms with E-state index in [1.807, 2.05) is 35.2 Å². The van der Waals surface area contributed by atoms with Crippen LogP contribution in [0, 0.1) is 11.3 Å². The van der Waals surface area contributed by atoms with Crippen LogP contribution in [-0.4, -0.2) is 70.4 Å². The zero-order valence-electron chi connectivity index (χ0n) is 21.2. The molecule has 0 bridgehead atoms. The van der Waals surface area contributed by atoms with Crippen molar-refractivity contribution in [1.82, 2.24) is 9.88 Å². The van der Waals surface area contributed by atoms with Crippen molar-refractivity contribution in [3.8, 4) is 29.1 Å². The van der Waals surface area contributed by atoms with E-state index in [-0.39, 0.29) is 11.6 Å². The highest BCUT2D eigenvalue weighted by atomic mass is 16.5. The van der Waals surface area contributed by atoms with E-state index in [0.717, 1.165) is 11.3 Å². The van der Waals surface area contributed by atoms with Gasteiger partial charge in [0, 0.05) is 43.4 Å². The summed E-state index contributed by atoms with van der Waals surface area (Å²) in [5.74, 6) is 2.53. The van der Waals surface area contributed by atoms with E-state index in [0.29, 0.717) is 60.8 Å². The lowest BCUT2D eigenvalue weighted by Gasteiger charge is -2.34. The molecule has 0 radical (unpaired) electrons. The van der Waals surface area contributed by atoms with Crippen LogP contribution in [0.15, 0.2) is 40.8 Å². The molecule has 1 saturated heterocycles. The number of benzene rings is 2. The fourth-order valence-corrected chi connectivity index (χ4v) is 4.15. The molecule has 3 aromatic rings. The number of nitrogens with zero attached hydrogens (tertiary/aromatic N) is 4. The molecule has 1 aromatic heterocycles. The van der Waals surface area contributed by atoms with Crippen LogP contribution in [0.2, 0.25) is 0 Å². The maximum atomic E-state index is 13.2. The number of methoxy groups -OCH3 is 4. The van der Waals surface area contributed by atoms with Crippen LogP contribution in [0.25, 0.3) is 12.2 Å². The molecule has 10 heteroatoms. The van der Waals surface area contributed by atoms with Crippen molar-refractivity contribution in [2.75, 3.05) is 59.5 Å². The molecule has 0 aliphatic carbocycles. The summed E-state index contributed by atoms with van der Waals surface area (Å²) < 4.78 is 27.4. The summed E-state index contributed by atoms with van der Waals surface area (Å²) in [5.41, 5.74) is 1.50. The van der Waals surface area contributed by atoms with Crippen LogP contribution in [-0.2, 0) is 0 Å². The number of hydrogen-bond donors (Lipinski definition) is 0. The first kappa shape index (κ1) is 25.4. The number of carbonyl (C=O) groups excluding carboxylic acids is 1. The molecule has 0 saturated carbocycles. The van der Waals surface area contributed by atoms with Crippen molar-refractivity contribution in [1.29, 1.82) is 5.26 Å². The average molecular weight is 505 g/mol. The number of para-hydroxylation sites is 1. The van der Waals surface area contributed by atoms with Crippen LogP contribution in [0.3, 0.4) is 0 Å². The Morgan fingerprint density at radius 1 is 0.946 bits per heavy atom. The van der Waals surface area contributed by atoms with E-state index < -0.39 is 0 Å². The molecular weight excluding hydrogens is 476 g/mol. The highest BCUT2D eigenvalue weighted by Gasteiger charge is 2.28. The fraction of sp³-hybridized carbons (Fsp3) is 0.296. The van der Waals surface area contributed by atoms with Gasteiger partial charge in [0.1, 0.15) is 11.8 Å². The summed E-state index contributed by atoms with van der Waals surface area (Å²) in [6, 6.07) is 13.0. The van der Waals surface area contributed by atoms with Gasteiger partial charge in [0.2, 0.25) is 23.2 Å². The summed E-state index contributed by atoms with van der Waals surface area (Å²) in [5, 5.41) is 9.62. The van der Waals surface area contributed by atoms with Gasteiger partial charge >= 0.3 is 0 Å². The molecule has 37 heavy (non-hydrogen) atoms. The van der Waals surface area contributed by atoms with Gasteiger partial charge in [-0.15, -0.1) is 0 Å². The quantitative estimate of drug-likeness (QED) is 0.453. The molecule has 1 aliphatic heterocycles. The molecule has 192 valence electrons. The first-order valence-corrected chi connectivity index (χ1v) is 11.6. The van der Waals surface area contributed by atoms with Crippen molar-refractivity contribution in [3.05, 3.63) is 59.1 Å². The lowest BCUT2D eigenvalue weighted by molar-refractivity contribution is 0.0744. The summed E-state index contributed by atoms with van der Waals surface area (Å²) in [4.78, 5) is 21.2. The van der Waals surface area contributed by atoms with Gasteiger partial charge in [0.05, 0.1) is 28.4 Å². The van der Waals surface area contributed by atoms with Crippen molar-refractivity contribution < 1.29 is 28.2 Å². The predicted molar refractivity (Wildman–Crippen MR) is 137 cm³/mol. The number of aromatic nitrogens is 1. The summed E-state index contributed by atoms with van der Waals surface area (Å²) in [7, 11) is 6.14. The number of rotatable bonds is 8. The van der Waals surface area contributed by atoms with Gasteiger partial charge in [-0.05, 0) is 24.3 Å². The largest absolute Gasteiger partial charge is 0.496 e. The molecule has 0 N–H and O–H groups in total. The van der Waals surface area contributed by atoms with Gasteiger partial charge in [-0.3, -0.25) is 4.79 Å². The Balaban J connectivity index is 1.47. The number of nitriles is 1. The number of ether oxygens (including phenoxy) is 4. The predicted octanol–water partition coefficient (Wildman–Crippen LogP) is 3.71. The molecule has 10 nitrogen and oxygen atoms in total. The molecule has 2 aromatic carbocycles. The molecule has 1 aliphatic rings. The third-order valence-corrected chi connectivity index (χ3v) is 6.04. The highest BCUT2D eigenvalue weighted by molar-refractivity contribution is 5.96. The fourth-order valence-electron chi connectivity index (χ4n) is 4.15. The standard InChI is InChI=1S/C27H28N4O6/c1-33-21-8-6-5-7-18(21)9-10-24-29-20(17-28)27(37-24)31-13-11-30(12-14-31)26(32)19-15-22(34-2)25(36-4)23(16-19)35-3/h5-10,15-16H,11-14H2,1-4H3/b10-9+. The van der Waals surface area contributed by atoms with Gasteiger partial charge in [0.15, 0.2) is 11.5 Å². The van der Waals surface area contributed by atoms with Gasteiger partial charge in [-0.2, -0.15) is 10.2 Å². The highest BCUT2D eigenvalue weighted by Crippen LogP contribution is 2.38. The second-order valence-electron chi connectivity index (χ2n) is 8.09. The number of hydrogen-bond acceptors (Lipinski definition) is 9. The third kappa shape index (κ3) is 5.30. The number of carbonyl (C=O) groups is 1. The lowest BCUT2D eigenvalue weighted by Crippen LogP contribution is -2.48. The number of oxazole rings is 1. The molecule has 2 heterocycles. The van der Waals surface area contributed by atoms with E-state index >= 15 is 0 Å². The first-order chi connectivity index (χ1) is 18.0. The van der Waals surface area contributed by atoms with Crippen LogP contribution in [0.5, 0.6) is 23.0 Å². The maximum absolute atomic E-state index is 13.2. The maximum Gasteiger partial charge on any atom is 0.254 e. The van der Waals surface area contributed by atoms with Crippen LogP contribution in [0.4, 0.5) is 5.88 Å². The first-order valence-electron chi connectivity index (χ1n) is 11.6. The minimum atomic E-state index is -0.155. The van der Waals surface area contributed by atoms with Gasteiger partial charge in [-0.25, -0.2) is 0 Å². The summed E-state index contributed by atoms with van der Waals surface area (Å²) in [6.45, 7) is 1.84. The van der Waals surface area contributed by atoms with E-state index in [9.17, 15) is 10.1 Å². The van der Waals surface area contributed by atoms with Crippen molar-refractivity contribution >= 4 is 23.9 Å². The minimum Gasteiger partial charge on any atom is -0.496 e. The lowest BCUT2D eigenvalue weighted by atomic mass is 10.1. The van der Waals surface area contributed by atoms with E-state index in [4.69, 9.17) is 23.4 Å². The van der Waals surface area contributed by atoms with Crippen LogP contribution >= 0.6 is 0 Å². The molecule has 1 fully saturated rings. The molecule has 4 rings (SSSR count). The minimum absolute atomic E-state index is 0.155. The Morgan fingerprint density at radius 2 is 1.59 bits per heavy atom. The van der Waals surface area contributed by atoms with Crippen LogP contribution < -0.4 is 23.8 Å². The monoisotopic (exact) mass is 504 g/mol. The Bertz CT molecular complexity index is 1310. The zero-order valence-corrected chi connectivity index (χ0v) is 21.2. The SMILES string of the molecule is COc1ccccc1/C=C/c1nc(C#N)c(N2CCN(C(=O)c3cc(OC)c(OC)c(OC)c3)CC2)o1. The normalized spacial score (nSPS) is 13.4. The summed E-state index contributed by atoms with van der Waals surface area (Å²) in [6.07, 6.45) is 3.52. The molecule has 0 atom stereocenters. The average Bonchev–Trinajstić information content (AvgIpc) is 3.38. The number of piperazine rings is 1. The van der Waals surface area contributed by atoms with E-state index in [1.165, 1.54) is 21.3 Å². The van der Waals surface area contributed by atoms with Gasteiger partial charge < -0.3 is 33.2 Å². The Labute approximate surface area is 215 Å². The second kappa shape index (κ2) is 11.4. The van der Waals surface area contributed by atoms with Crippen molar-refractivity contribution in [2.45, 2.75) is 0 Å². The van der Waals surface area contributed by atoms with Crippen molar-refractivity contribution in [3.63, 3.8) is 0 Å². The number of amides is 1. The van der Waals surface area contributed by atoms with Crippen LogP contribution in [0.1, 0.15) is 27.5 Å². The second-order valence-corrected chi connectivity index (χ2v) is 8.09. The summed E-state index contributed by atoms with van der Waals surface area (Å²) >= 11 is 0. The smallest absolute Gasteiger partial charge is 0.254 e. The molecular formula is C27H28N4O6. The van der Waals surface area contributed by atoms with Gasteiger partial charge in [-0.1, -0.05) is 18.2 Å². The molecule has 0 spiro atoms. The topological polar surface area (TPSA) is 110 Å². The number of anilines is 1. The van der Waals surface area contributed by atoms with Crippen molar-refractivity contribution in [2.24, 2.45) is 0 Å². The van der Waals surface area contributed by atoms with Gasteiger partial charge in [0.25, 0.3) is 5.91 Å². The van der Waals surface area contributed by atoms with E-state index in [1.54, 1.807) is 30.2 Å².